The first-order valence-corrected chi connectivity index (χ1v) is 7.75. The molecule has 1 aromatic heterocycles. The van der Waals surface area contributed by atoms with Gasteiger partial charge in [-0.1, -0.05) is 32.0 Å². The lowest BCUT2D eigenvalue weighted by molar-refractivity contribution is 0.867. The Morgan fingerprint density at radius 3 is 2.58 bits per heavy atom. The predicted octanol–water partition coefficient (Wildman–Crippen LogP) is 5.78. The first kappa shape index (κ1) is 14.5. The molecule has 1 heterocycles. The fourth-order valence-electron chi connectivity index (χ4n) is 1.97. The first-order chi connectivity index (χ1) is 8.99. The van der Waals surface area contributed by atoms with E-state index in [0.717, 1.165) is 20.5 Å². The maximum atomic E-state index is 4.41. The van der Waals surface area contributed by atoms with Gasteiger partial charge < -0.3 is 5.32 Å². The van der Waals surface area contributed by atoms with Gasteiger partial charge in [0, 0.05) is 16.4 Å². The number of rotatable bonds is 3. The van der Waals surface area contributed by atoms with Crippen molar-refractivity contribution in [2.45, 2.75) is 26.7 Å². The molecule has 100 valence electrons. The second-order valence-corrected chi connectivity index (χ2v) is 6.57. The van der Waals surface area contributed by atoms with Crippen molar-refractivity contribution >= 4 is 43.4 Å². The molecule has 0 radical (unpaired) electrons. The Balaban J connectivity index is 2.43. The standard InChI is InChI=1S/C15H16Br2N2/c1-9(2)12-6-4-5-10(3)14(12)19-15-13(17)7-11(16)8-18-15/h4-9H,1-3H3,(H,18,19). The van der Waals surface area contributed by atoms with Crippen LogP contribution in [-0.4, -0.2) is 4.98 Å². The second-order valence-electron chi connectivity index (χ2n) is 4.80. The molecule has 0 aliphatic carbocycles. The summed E-state index contributed by atoms with van der Waals surface area (Å²) in [6.45, 7) is 6.51. The van der Waals surface area contributed by atoms with Crippen LogP contribution in [-0.2, 0) is 0 Å². The molecule has 0 aliphatic rings. The Morgan fingerprint density at radius 1 is 1.21 bits per heavy atom. The van der Waals surface area contributed by atoms with Crippen LogP contribution in [0, 0.1) is 6.92 Å². The number of pyridine rings is 1. The van der Waals surface area contributed by atoms with Crippen LogP contribution in [0.3, 0.4) is 0 Å². The molecule has 4 heteroatoms. The van der Waals surface area contributed by atoms with Crippen LogP contribution in [0.1, 0.15) is 30.9 Å². The highest BCUT2D eigenvalue weighted by molar-refractivity contribution is 9.11. The number of hydrogen-bond acceptors (Lipinski definition) is 2. The number of aryl methyl sites for hydroxylation is 1. The summed E-state index contributed by atoms with van der Waals surface area (Å²) in [5, 5.41) is 3.44. The summed E-state index contributed by atoms with van der Waals surface area (Å²) in [4.78, 5) is 4.41. The summed E-state index contributed by atoms with van der Waals surface area (Å²) in [6, 6.07) is 8.36. The van der Waals surface area contributed by atoms with Crippen LogP contribution in [0.4, 0.5) is 11.5 Å². The molecule has 0 bridgehead atoms. The smallest absolute Gasteiger partial charge is 0.144 e. The minimum absolute atomic E-state index is 0.469. The third-order valence-corrected chi connectivity index (χ3v) is 4.02. The average Bonchev–Trinajstić information content (AvgIpc) is 2.34. The fourth-order valence-corrected chi connectivity index (χ4v) is 3.05. The summed E-state index contributed by atoms with van der Waals surface area (Å²) in [7, 11) is 0. The SMILES string of the molecule is Cc1cccc(C(C)C)c1Nc1ncc(Br)cc1Br. The Hall–Kier alpha value is -0.870. The molecule has 1 N–H and O–H groups in total. The number of para-hydroxylation sites is 1. The summed E-state index contributed by atoms with van der Waals surface area (Å²) in [6.07, 6.45) is 1.79. The lowest BCUT2D eigenvalue weighted by Crippen LogP contribution is -2.02. The quantitative estimate of drug-likeness (QED) is 0.726. The van der Waals surface area contributed by atoms with E-state index in [1.54, 1.807) is 6.20 Å². The number of nitrogens with zero attached hydrogens (tertiary/aromatic N) is 1. The molecule has 0 saturated heterocycles. The second kappa shape index (κ2) is 6.06. The van der Waals surface area contributed by atoms with Crippen molar-refractivity contribution in [2.24, 2.45) is 0 Å². The van der Waals surface area contributed by atoms with Gasteiger partial charge in [0.15, 0.2) is 0 Å². The van der Waals surface area contributed by atoms with Crippen LogP contribution in [0.5, 0.6) is 0 Å². The highest BCUT2D eigenvalue weighted by atomic mass is 79.9. The van der Waals surface area contributed by atoms with Gasteiger partial charge in [-0.05, 0) is 61.9 Å². The molecule has 2 aromatic rings. The molecule has 0 amide bonds. The monoisotopic (exact) mass is 382 g/mol. The van der Waals surface area contributed by atoms with Gasteiger partial charge in [-0.2, -0.15) is 0 Å². The van der Waals surface area contributed by atoms with Crippen molar-refractivity contribution in [1.29, 1.82) is 0 Å². The molecule has 0 aliphatic heterocycles. The molecule has 2 rings (SSSR count). The van der Waals surface area contributed by atoms with Crippen molar-refractivity contribution in [3.63, 3.8) is 0 Å². The number of nitrogens with one attached hydrogen (secondary N) is 1. The van der Waals surface area contributed by atoms with Crippen LogP contribution in [0.2, 0.25) is 0 Å². The Bertz CT molecular complexity index is 595. The fraction of sp³-hybridized carbons (Fsp3) is 0.267. The van der Waals surface area contributed by atoms with Gasteiger partial charge in [-0.25, -0.2) is 4.98 Å². The topological polar surface area (TPSA) is 24.9 Å². The van der Waals surface area contributed by atoms with Gasteiger partial charge in [0.25, 0.3) is 0 Å². The van der Waals surface area contributed by atoms with Crippen molar-refractivity contribution in [2.75, 3.05) is 5.32 Å². The van der Waals surface area contributed by atoms with Crippen molar-refractivity contribution in [3.8, 4) is 0 Å². The van der Waals surface area contributed by atoms with Crippen molar-refractivity contribution in [1.82, 2.24) is 4.98 Å². The van der Waals surface area contributed by atoms with E-state index >= 15 is 0 Å². The highest BCUT2D eigenvalue weighted by Crippen LogP contribution is 2.32. The summed E-state index contributed by atoms with van der Waals surface area (Å²) in [5.74, 6) is 1.30. The number of anilines is 2. The Labute approximate surface area is 130 Å². The number of aromatic nitrogens is 1. The molecule has 2 nitrogen and oxygen atoms in total. The van der Waals surface area contributed by atoms with E-state index < -0.39 is 0 Å². The molecular formula is C15H16Br2N2. The van der Waals surface area contributed by atoms with E-state index in [0.29, 0.717) is 5.92 Å². The van der Waals surface area contributed by atoms with Gasteiger partial charge in [-0.15, -0.1) is 0 Å². The van der Waals surface area contributed by atoms with Crippen LogP contribution < -0.4 is 5.32 Å². The number of halogens is 2. The van der Waals surface area contributed by atoms with Crippen molar-refractivity contribution < 1.29 is 0 Å². The van der Waals surface area contributed by atoms with E-state index in [1.807, 2.05) is 6.07 Å². The molecule has 0 atom stereocenters. The average molecular weight is 384 g/mol. The Kier molecular flexibility index (Phi) is 4.63. The highest BCUT2D eigenvalue weighted by Gasteiger charge is 2.11. The summed E-state index contributed by atoms with van der Waals surface area (Å²) < 4.78 is 1.90. The van der Waals surface area contributed by atoms with E-state index in [-0.39, 0.29) is 0 Å². The van der Waals surface area contributed by atoms with E-state index in [1.165, 1.54) is 11.1 Å². The Morgan fingerprint density at radius 2 is 1.95 bits per heavy atom. The van der Waals surface area contributed by atoms with E-state index in [9.17, 15) is 0 Å². The largest absolute Gasteiger partial charge is 0.339 e. The molecule has 0 saturated carbocycles. The van der Waals surface area contributed by atoms with Gasteiger partial charge in [-0.3, -0.25) is 0 Å². The minimum Gasteiger partial charge on any atom is -0.339 e. The normalized spacial score (nSPS) is 10.8. The van der Waals surface area contributed by atoms with Gasteiger partial charge in [0.2, 0.25) is 0 Å². The van der Waals surface area contributed by atoms with E-state index in [4.69, 9.17) is 0 Å². The summed E-state index contributed by atoms with van der Waals surface area (Å²) >= 11 is 6.95. The number of hydrogen-bond donors (Lipinski definition) is 1. The molecule has 1 aromatic carbocycles. The third kappa shape index (κ3) is 3.37. The van der Waals surface area contributed by atoms with Crippen molar-refractivity contribution in [3.05, 3.63) is 50.5 Å². The molecular weight excluding hydrogens is 368 g/mol. The predicted molar refractivity (Wildman–Crippen MR) is 88.2 cm³/mol. The van der Waals surface area contributed by atoms with Gasteiger partial charge in [0.05, 0.1) is 4.47 Å². The third-order valence-electron chi connectivity index (χ3n) is 2.98. The zero-order chi connectivity index (χ0) is 14.0. The molecule has 19 heavy (non-hydrogen) atoms. The lowest BCUT2D eigenvalue weighted by atomic mass is 9.98. The first-order valence-electron chi connectivity index (χ1n) is 6.16. The maximum absolute atomic E-state index is 4.41. The number of benzene rings is 1. The van der Waals surface area contributed by atoms with Crippen LogP contribution in [0.15, 0.2) is 39.4 Å². The molecule has 0 fully saturated rings. The molecule has 0 unspecified atom stereocenters. The van der Waals surface area contributed by atoms with Crippen LogP contribution in [0.25, 0.3) is 0 Å². The lowest BCUT2D eigenvalue weighted by Gasteiger charge is -2.17. The van der Waals surface area contributed by atoms with E-state index in [2.05, 4.69) is 81.1 Å². The molecule has 0 spiro atoms. The zero-order valence-corrected chi connectivity index (χ0v) is 14.3. The zero-order valence-electron chi connectivity index (χ0n) is 11.2. The minimum atomic E-state index is 0.469. The summed E-state index contributed by atoms with van der Waals surface area (Å²) in [5.41, 5.74) is 3.67. The van der Waals surface area contributed by atoms with Gasteiger partial charge in [0.1, 0.15) is 5.82 Å². The van der Waals surface area contributed by atoms with Crippen LogP contribution >= 0.6 is 31.9 Å². The maximum Gasteiger partial charge on any atom is 0.144 e. The van der Waals surface area contributed by atoms with Gasteiger partial charge >= 0.3 is 0 Å².